The number of hydrogen-bond donors (Lipinski definition) is 2. The van der Waals surface area contributed by atoms with Gasteiger partial charge in [0.2, 0.25) is 10.0 Å². The number of furan rings is 1. The maximum absolute atomic E-state index is 12.3. The van der Waals surface area contributed by atoms with Crippen LogP contribution in [0.15, 0.2) is 58.1 Å². The first kappa shape index (κ1) is 23.3. The minimum absolute atomic E-state index is 0.0423. The van der Waals surface area contributed by atoms with Gasteiger partial charge in [0.15, 0.2) is 6.61 Å². The molecule has 0 saturated carbocycles. The highest BCUT2D eigenvalue weighted by Crippen LogP contribution is 2.12. The van der Waals surface area contributed by atoms with Crippen molar-refractivity contribution in [1.82, 2.24) is 10.0 Å². The Labute approximate surface area is 175 Å². The summed E-state index contributed by atoms with van der Waals surface area (Å²) in [6, 6.07) is 9.07. The van der Waals surface area contributed by atoms with Gasteiger partial charge in [0.25, 0.3) is 5.91 Å². The Bertz CT molecular complexity index is 952. The number of sulfonamides is 1. The van der Waals surface area contributed by atoms with Gasteiger partial charge < -0.3 is 19.2 Å². The molecule has 1 aromatic heterocycles. The molecular weight excluding hydrogens is 412 g/mol. The van der Waals surface area contributed by atoms with E-state index in [9.17, 15) is 18.0 Å². The minimum Gasteiger partial charge on any atom is -0.468 e. The number of esters is 1. The van der Waals surface area contributed by atoms with Crippen LogP contribution >= 0.6 is 0 Å². The van der Waals surface area contributed by atoms with Crippen LogP contribution in [0.3, 0.4) is 0 Å². The highest BCUT2D eigenvalue weighted by Gasteiger charge is 2.14. The molecule has 1 atom stereocenters. The molecule has 0 radical (unpaired) electrons. The van der Waals surface area contributed by atoms with Crippen LogP contribution in [-0.2, 0) is 35.6 Å². The van der Waals surface area contributed by atoms with E-state index in [1.807, 2.05) is 0 Å². The van der Waals surface area contributed by atoms with Gasteiger partial charge in [-0.25, -0.2) is 17.9 Å². The van der Waals surface area contributed by atoms with Gasteiger partial charge in [0.1, 0.15) is 5.76 Å². The van der Waals surface area contributed by atoms with Crippen molar-refractivity contribution >= 4 is 28.0 Å². The fourth-order valence-electron chi connectivity index (χ4n) is 2.38. The third-order valence-corrected chi connectivity index (χ3v) is 5.21. The number of carbonyl (C=O) groups is 2. The van der Waals surface area contributed by atoms with E-state index in [4.69, 9.17) is 13.9 Å². The molecule has 1 amide bonds. The fraction of sp³-hybridized carbons (Fsp3) is 0.300. The Morgan fingerprint density at radius 3 is 2.57 bits per heavy atom. The Morgan fingerprint density at radius 1 is 1.20 bits per heavy atom. The maximum atomic E-state index is 12.3. The molecule has 0 bridgehead atoms. The van der Waals surface area contributed by atoms with E-state index in [1.54, 1.807) is 31.2 Å². The van der Waals surface area contributed by atoms with Crippen molar-refractivity contribution in [2.24, 2.45) is 0 Å². The minimum atomic E-state index is -3.70. The Hall–Kier alpha value is -2.95. The van der Waals surface area contributed by atoms with Gasteiger partial charge in [-0.3, -0.25) is 4.79 Å². The van der Waals surface area contributed by atoms with Gasteiger partial charge in [-0.05, 0) is 42.8 Å². The van der Waals surface area contributed by atoms with E-state index in [0.29, 0.717) is 17.9 Å². The number of methoxy groups -OCH3 is 1. The molecule has 2 rings (SSSR count). The van der Waals surface area contributed by atoms with E-state index in [1.165, 1.54) is 31.6 Å². The summed E-state index contributed by atoms with van der Waals surface area (Å²) in [4.78, 5) is 23.4. The van der Waals surface area contributed by atoms with Gasteiger partial charge in [0, 0.05) is 19.2 Å². The molecule has 1 unspecified atom stereocenters. The van der Waals surface area contributed by atoms with Crippen molar-refractivity contribution in [3.05, 3.63) is 60.1 Å². The van der Waals surface area contributed by atoms with Crippen molar-refractivity contribution in [2.75, 3.05) is 20.3 Å². The largest absolute Gasteiger partial charge is 0.468 e. The lowest BCUT2D eigenvalue weighted by atomic mass is 10.2. The molecule has 2 N–H and O–H groups in total. The summed E-state index contributed by atoms with van der Waals surface area (Å²) < 4.78 is 41.8. The zero-order chi connectivity index (χ0) is 22.0. The van der Waals surface area contributed by atoms with Gasteiger partial charge in [-0.15, -0.1) is 0 Å². The molecule has 0 saturated heterocycles. The Balaban J connectivity index is 1.83. The average molecular weight is 436 g/mol. The molecule has 0 spiro atoms. The van der Waals surface area contributed by atoms with Crippen LogP contribution in [0.2, 0.25) is 0 Å². The predicted molar refractivity (Wildman–Crippen MR) is 109 cm³/mol. The summed E-state index contributed by atoms with van der Waals surface area (Å²) in [5.74, 6) is -0.627. The van der Waals surface area contributed by atoms with E-state index in [0.717, 1.165) is 6.08 Å². The highest BCUT2D eigenvalue weighted by atomic mass is 32.2. The van der Waals surface area contributed by atoms with Crippen LogP contribution in [0.5, 0.6) is 0 Å². The first-order chi connectivity index (χ1) is 14.3. The lowest BCUT2D eigenvalue weighted by molar-refractivity contribution is -0.144. The standard InChI is InChI=1S/C20H24N2O7S/c1-15(13-27-2)22-19(23)14-29-20(24)10-7-16-5-8-18(9-6-16)30(25,26)21-12-17-4-3-11-28-17/h3-11,15,21H,12-14H2,1-2H3,(H,22,23)/b10-7+. The molecular formula is C20H24N2O7S. The maximum Gasteiger partial charge on any atom is 0.331 e. The quantitative estimate of drug-likeness (QED) is 0.404. The van der Waals surface area contributed by atoms with Gasteiger partial charge in [0.05, 0.1) is 24.3 Å². The van der Waals surface area contributed by atoms with E-state index >= 15 is 0 Å². The van der Waals surface area contributed by atoms with E-state index < -0.39 is 28.5 Å². The third kappa shape index (κ3) is 7.82. The SMILES string of the molecule is COCC(C)NC(=O)COC(=O)/C=C/c1ccc(S(=O)(=O)NCc2ccco2)cc1. The monoisotopic (exact) mass is 436 g/mol. The lowest BCUT2D eigenvalue weighted by Gasteiger charge is -2.12. The second-order valence-corrected chi connectivity index (χ2v) is 8.10. The summed E-state index contributed by atoms with van der Waals surface area (Å²) in [6.07, 6.45) is 4.08. The molecule has 30 heavy (non-hydrogen) atoms. The van der Waals surface area contributed by atoms with Crippen LogP contribution in [0.25, 0.3) is 6.08 Å². The van der Waals surface area contributed by atoms with Crippen LogP contribution < -0.4 is 10.0 Å². The Morgan fingerprint density at radius 2 is 1.93 bits per heavy atom. The summed E-state index contributed by atoms with van der Waals surface area (Å²) in [7, 11) is -2.18. The number of nitrogens with one attached hydrogen (secondary N) is 2. The van der Waals surface area contributed by atoms with Crippen molar-refractivity contribution in [2.45, 2.75) is 24.4 Å². The van der Waals surface area contributed by atoms with Crippen LogP contribution in [-0.4, -0.2) is 46.7 Å². The second kappa shape index (κ2) is 11.3. The number of hydrogen-bond acceptors (Lipinski definition) is 7. The zero-order valence-corrected chi connectivity index (χ0v) is 17.5. The number of benzene rings is 1. The normalized spacial score (nSPS) is 12.6. The molecule has 0 aliphatic rings. The molecule has 0 fully saturated rings. The molecule has 9 nitrogen and oxygen atoms in total. The predicted octanol–water partition coefficient (Wildman–Crippen LogP) is 1.47. The summed E-state index contributed by atoms with van der Waals surface area (Å²) in [5, 5.41) is 2.62. The average Bonchev–Trinajstić information content (AvgIpc) is 3.23. The second-order valence-electron chi connectivity index (χ2n) is 6.34. The molecule has 2 aromatic rings. The molecule has 10 heteroatoms. The zero-order valence-electron chi connectivity index (χ0n) is 16.7. The summed E-state index contributed by atoms with van der Waals surface area (Å²) in [5.41, 5.74) is 0.593. The molecule has 1 aromatic carbocycles. The van der Waals surface area contributed by atoms with E-state index in [2.05, 4.69) is 10.0 Å². The first-order valence-electron chi connectivity index (χ1n) is 9.05. The number of rotatable bonds is 11. The van der Waals surface area contributed by atoms with Crippen molar-refractivity contribution in [3.63, 3.8) is 0 Å². The number of carbonyl (C=O) groups excluding carboxylic acids is 2. The van der Waals surface area contributed by atoms with Crippen molar-refractivity contribution < 1.29 is 31.9 Å². The Kier molecular flexibility index (Phi) is 8.78. The molecule has 0 aliphatic heterocycles. The van der Waals surface area contributed by atoms with E-state index in [-0.39, 0.29) is 17.5 Å². The smallest absolute Gasteiger partial charge is 0.331 e. The van der Waals surface area contributed by atoms with Crippen LogP contribution in [0.4, 0.5) is 0 Å². The van der Waals surface area contributed by atoms with Crippen LogP contribution in [0.1, 0.15) is 18.2 Å². The van der Waals surface area contributed by atoms with Gasteiger partial charge in [-0.1, -0.05) is 12.1 Å². The molecule has 0 aliphatic carbocycles. The summed E-state index contributed by atoms with van der Waals surface area (Å²) >= 11 is 0. The van der Waals surface area contributed by atoms with Crippen LogP contribution in [0, 0.1) is 0 Å². The molecule has 162 valence electrons. The van der Waals surface area contributed by atoms with Crippen molar-refractivity contribution in [3.8, 4) is 0 Å². The first-order valence-corrected chi connectivity index (χ1v) is 10.5. The number of ether oxygens (including phenoxy) is 2. The van der Waals surface area contributed by atoms with Gasteiger partial charge in [-0.2, -0.15) is 0 Å². The lowest BCUT2D eigenvalue weighted by Crippen LogP contribution is -2.38. The highest BCUT2D eigenvalue weighted by molar-refractivity contribution is 7.89. The summed E-state index contributed by atoms with van der Waals surface area (Å²) in [6.45, 7) is 1.75. The topological polar surface area (TPSA) is 124 Å². The van der Waals surface area contributed by atoms with Crippen molar-refractivity contribution in [1.29, 1.82) is 0 Å². The molecule has 1 heterocycles. The number of amides is 1. The fourth-order valence-corrected chi connectivity index (χ4v) is 3.37. The van der Waals surface area contributed by atoms with Gasteiger partial charge >= 0.3 is 5.97 Å². The third-order valence-electron chi connectivity index (χ3n) is 3.79.